The van der Waals surface area contributed by atoms with Crippen molar-refractivity contribution in [1.29, 1.82) is 5.26 Å². The second-order valence-corrected chi connectivity index (χ2v) is 8.80. The van der Waals surface area contributed by atoms with Crippen LogP contribution >= 0.6 is 0 Å². The summed E-state index contributed by atoms with van der Waals surface area (Å²) in [5, 5.41) is 12.2. The number of rotatable bonds is 5. The number of alkyl halides is 3. The van der Waals surface area contributed by atoms with E-state index in [1.165, 1.54) is 0 Å². The van der Waals surface area contributed by atoms with E-state index in [0.29, 0.717) is 25.8 Å². The normalized spacial score (nSPS) is 32.4. The molecule has 3 aliphatic rings. The first kappa shape index (κ1) is 20.8. The van der Waals surface area contributed by atoms with Gasteiger partial charge in [0, 0.05) is 12.6 Å². The van der Waals surface area contributed by atoms with Gasteiger partial charge in [-0.1, -0.05) is 0 Å². The van der Waals surface area contributed by atoms with E-state index in [-0.39, 0.29) is 17.9 Å². The van der Waals surface area contributed by atoms with Crippen molar-refractivity contribution in [3.05, 3.63) is 0 Å². The number of fused-ring (bicyclic) bond motifs is 2. The number of nitrogens with zero attached hydrogens (tertiary/aromatic N) is 2. The molecule has 0 aromatic rings. The smallest absolute Gasteiger partial charge is 0.367 e. The molecule has 0 radical (unpaired) electrons. The highest BCUT2D eigenvalue weighted by Crippen LogP contribution is 2.38. The summed E-state index contributed by atoms with van der Waals surface area (Å²) in [4.78, 5) is 25.7. The molecule has 0 aromatic heterocycles. The van der Waals surface area contributed by atoms with Crippen molar-refractivity contribution in [2.75, 3.05) is 13.2 Å². The number of nitriles is 1. The molecule has 28 heavy (non-hydrogen) atoms. The molecule has 2 N–H and O–H groups in total. The maximum Gasteiger partial charge on any atom is 0.516 e. The zero-order valence-corrected chi connectivity index (χ0v) is 15.4. The van der Waals surface area contributed by atoms with E-state index < -0.39 is 46.2 Å². The summed E-state index contributed by atoms with van der Waals surface area (Å²) < 4.78 is 64.7. The molecule has 1 saturated carbocycles. The van der Waals surface area contributed by atoms with E-state index in [2.05, 4.69) is 11.4 Å². The highest BCUT2D eigenvalue weighted by molar-refractivity contribution is 7.90. The Morgan fingerprint density at radius 3 is 2.61 bits per heavy atom. The van der Waals surface area contributed by atoms with Crippen molar-refractivity contribution >= 4 is 21.8 Å². The molecule has 2 saturated heterocycles. The molecule has 3 fully saturated rings. The third kappa shape index (κ3) is 3.94. The van der Waals surface area contributed by atoms with Crippen LogP contribution < -0.4 is 10.0 Å². The summed E-state index contributed by atoms with van der Waals surface area (Å²) >= 11 is 0. The molecule has 0 aromatic carbocycles. The van der Waals surface area contributed by atoms with Crippen LogP contribution in [0.25, 0.3) is 0 Å². The van der Waals surface area contributed by atoms with Crippen molar-refractivity contribution < 1.29 is 35.9 Å². The van der Waals surface area contributed by atoms with E-state index in [1.54, 1.807) is 4.90 Å². The van der Waals surface area contributed by atoms with Crippen molar-refractivity contribution in [1.82, 2.24) is 14.9 Å². The minimum Gasteiger partial charge on any atom is -0.367 e. The number of likely N-dealkylation sites (tertiary alicyclic amines) is 1. The van der Waals surface area contributed by atoms with E-state index >= 15 is 0 Å². The van der Waals surface area contributed by atoms with Crippen LogP contribution in [0.1, 0.15) is 25.7 Å². The number of hydrogen-bond acceptors (Lipinski definition) is 7. The standard InChI is InChI=1S/C15H19F3N4O5S/c16-15(17,18)28(25,26)21-12(23)7-27-11-5-8-4-10(11)20-13(8)14(24)22-3-1-2-9(22)6-19/h8-11,13,20H,1-5,7H2,(H,21,23)/t8-,9-,10+,11+,13-/m0/s1. The van der Waals surface area contributed by atoms with Gasteiger partial charge in [-0.2, -0.15) is 26.9 Å². The predicted molar refractivity (Wildman–Crippen MR) is 86.6 cm³/mol. The molecule has 2 amide bonds. The van der Waals surface area contributed by atoms with E-state index in [9.17, 15) is 31.2 Å². The molecule has 1 aliphatic carbocycles. The van der Waals surface area contributed by atoms with Crippen LogP contribution in [-0.4, -0.2) is 68.0 Å². The number of hydrogen-bond donors (Lipinski definition) is 2. The lowest BCUT2D eigenvalue weighted by Crippen LogP contribution is -2.54. The Morgan fingerprint density at radius 1 is 1.32 bits per heavy atom. The van der Waals surface area contributed by atoms with Gasteiger partial charge in [-0.25, -0.2) is 4.72 Å². The number of piperidine rings is 1. The topological polar surface area (TPSA) is 129 Å². The fourth-order valence-electron chi connectivity index (χ4n) is 4.07. The lowest BCUT2D eigenvalue weighted by molar-refractivity contribution is -0.136. The van der Waals surface area contributed by atoms with Gasteiger partial charge in [-0.3, -0.25) is 9.59 Å². The minimum absolute atomic E-state index is 0.0792. The monoisotopic (exact) mass is 424 g/mol. The van der Waals surface area contributed by atoms with Gasteiger partial charge in [0.1, 0.15) is 12.6 Å². The van der Waals surface area contributed by atoms with Gasteiger partial charge < -0.3 is 15.0 Å². The van der Waals surface area contributed by atoms with Crippen LogP contribution in [0, 0.1) is 17.2 Å². The van der Waals surface area contributed by atoms with Crippen molar-refractivity contribution in [2.45, 2.75) is 55.4 Å². The summed E-state index contributed by atoms with van der Waals surface area (Å²) in [6, 6.07) is 0.952. The first-order valence-corrected chi connectivity index (χ1v) is 10.2. The van der Waals surface area contributed by atoms with Gasteiger partial charge >= 0.3 is 15.5 Å². The average molecular weight is 424 g/mol. The minimum atomic E-state index is -5.76. The number of sulfonamides is 1. The highest BCUT2D eigenvalue weighted by Gasteiger charge is 2.51. The fraction of sp³-hybridized carbons (Fsp3) is 0.800. The lowest BCUT2D eigenvalue weighted by atomic mass is 9.97. The first-order valence-electron chi connectivity index (χ1n) is 8.73. The number of amides is 2. The zero-order valence-electron chi connectivity index (χ0n) is 14.6. The van der Waals surface area contributed by atoms with Crippen molar-refractivity contribution in [2.24, 2.45) is 5.92 Å². The lowest BCUT2D eigenvalue weighted by Gasteiger charge is -2.32. The Hall–Kier alpha value is -1.91. The van der Waals surface area contributed by atoms with Gasteiger partial charge in [0.15, 0.2) is 0 Å². The first-order chi connectivity index (χ1) is 13.0. The summed E-state index contributed by atoms with van der Waals surface area (Å²) in [6.07, 6.45) is 1.91. The molecular formula is C15H19F3N4O5S. The highest BCUT2D eigenvalue weighted by atomic mass is 32.2. The Labute approximate surface area is 159 Å². The fourth-order valence-corrected chi connectivity index (χ4v) is 4.55. The molecule has 0 spiro atoms. The molecule has 156 valence electrons. The van der Waals surface area contributed by atoms with Crippen LogP contribution in [0.2, 0.25) is 0 Å². The van der Waals surface area contributed by atoms with Gasteiger partial charge in [0.05, 0.1) is 18.2 Å². The molecular weight excluding hydrogens is 405 g/mol. The van der Waals surface area contributed by atoms with Gasteiger partial charge in [-0.15, -0.1) is 0 Å². The Balaban J connectivity index is 1.49. The average Bonchev–Trinajstić information content (AvgIpc) is 3.32. The van der Waals surface area contributed by atoms with Crippen LogP contribution in [0.5, 0.6) is 0 Å². The predicted octanol–water partition coefficient (Wildman–Crippen LogP) is -0.398. The molecule has 2 aliphatic heterocycles. The molecule has 5 atom stereocenters. The maximum atomic E-state index is 12.7. The second-order valence-electron chi connectivity index (χ2n) is 7.12. The largest absolute Gasteiger partial charge is 0.516 e. The van der Waals surface area contributed by atoms with Gasteiger partial charge in [0.2, 0.25) is 5.91 Å². The van der Waals surface area contributed by atoms with Crippen molar-refractivity contribution in [3.63, 3.8) is 0 Å². The summed E-state index contributed by atoms with van der Waals surface area (Å²) in [6.45, 7) is -0.313. The molecule has 2 bridgehead atoms. The Bertz CT molecular complexity index is 796. The second kappa shape index (κ2) is 7.49. The van der Waals surface area contributed by atoms with Gasteiger partial charge in [-0.05, 0) is 31.6 Å². The number of halogens is 3. The summed E-state index contributed by atoms with van der Waals surface area (Å²) in [5.41, 5.74) is -5.58. The van der Waals surface area contributed by atoms with Crippen LogP contribution in [0.3, 0.4) is 0 Å². The quantitative estimate of drug-likeness (QED) is 0.615. The number of carbonyl (C=O) groups excluding carboxylic acids is 2. The molecule has 0 unspecified atom stereocenters. The molecule has 3 rings (SSSR count). The van der Waals surface area contributed by atoms with Gasteiger partial charge in [0.25, 0.3) is 5.91 Å². The molecule has 9 nitrogen and oxygen atoms in total. The number of nitrogens with one attached hydrogen (secondary N) is 2. The zero-order chi connectivity index (χ0) is 20.7. The van der Waals surface area contributed by atoms with E-state index in [0.717, 1.165) is 11.1 Å². The number of ether oxygens (including phenoxy) is 1. The van der Waals surface area contributed by atoms with Crippen LogP contribution in [0.4, 0.5) is 13.2 Å². The van der Waals surface area contributed by atoms with Crippen LogP contribution in [-0.2, 0) is 24.3 Å². The number of carbonyl (C=O) groups is 2. The van der Waals surface area contributed by atoms with Crippen LogP contribution in [0.15, 0.2) is 0 Å². The Kier molecular flexibility index (Phi) is 5.57. The van der Waals surface area contributed by atoms with Crippen molar-refractivity contribution in [3.8, 4) is 6.07 Å². The summed E-state index contributed by atoms with van der Waals surface area (Å²) in [7, 11) is -5.76. The molecule has 13 heteroatoms. The van der Waals surface area contributed by atoms with E-state index in [4.69, 9.17) is 10.00 Å². The summed E-state index contributed by atoms with van der Waals surface area (Å²) in [5.74, 6) is -1.64. The third-order valence-electron chi connectivity index (χ3n) is 5.34. The maximum absolute atomic E-state index is 12.7. The Morgan fingerprint density at radius 2 is 2.04 bits per heavy atom. The SMILES string of the molecule is N#C[C@@H]1CCCN1C(=O)[C@H]1N[C@@H]2C[C@H]1C[C@H]2OCC(=O)NS(=O)(=O)C(F)(F)F. The van der Waals surface area contributed by atoms with E-state index in [1.807, 2.05) is 0 Å². The molecule has 2 heterocycles. The third-order valence-corrected chi connectivity index (χ3v) is 6.44.